The van der Waals surface area contributed by atoms with E-state index in [4.69, 9.17) is 23.7 Å². The minimum absolute atomic E-state index is 0.0446. The molecule has 0 bridgehead atoms. The first kappa shape index (κ1) is 19.0. The van der Waals surface area contributed by atoms with Gasteiger partial charge in [-0.2, -0.15) is 0 Å². The molecule has 0 spiro atoms. The summed E-state index contributed by atoms with van der Waals surface area (Å²) in [7, 11) is 0. The quantitative estimate of drug-likeness (QED) is 0.645. The van der Waals surface area contributed by atoms with E-state index in [0.29, 0.717) is 19.8 Å². The summed E-state index contributed by atoms with van der Waals surface area (Å²) >= 11 is 0. The van der Waals surface area contributed by atoms with Crippen LogP contribution in [0.25, 0.3) is 5.57 Å². The zero-order valence-corrected chi connectivity index (χ0v) is 16.4. The van der Waals surface area contributed by atoms with Crippen LogP contribution < -0.4 is 9.47 Å². The SMILES string of the molecule is C=C(c1ccc(OC[C@H]2CO2)cc1)c1ccc(OC[C@H]2COC(C)(C)O2)cc1. The van der Waals surface area contributed by atoms with Crippen LogP contribution in [-0.4, -0.2) is 44.4 Å². The van der Waals surface area contributed by atoms with Crippen molar-refractivity contribution in [2.24, 2.45) is 0 Å². The minimum atomic E-state index is -0.526. The maximum absolute atomic E-state index is 5.83. The number of benzene rings is 2. The monoisotopic (exact) mass is 382 g/mol. The molecular formula is C23H26O5. The average molecular weight is 382 g/mol. The predicted octanol–water partition coefficient (Wildman–Crippen LogP) is 4.06. The third-order valence-corrected chi connectivity index (χ3v) is 4.75. The highest BCUT2D eigenvalue weighted by Crippen LogP contribution is 2.27. The molecule has 0 radical (unpaired) electrons. The molecule has 2 saturated heterocycles. The molecule has 0 unspecified atom stereocenters. The first-order valence-electron chi connectivity index (χ1n) is 9.57. The smallest absolute Gasteiger partial charge is 0.163 e. The van der Waals surface area contributed by atoms with Crippen molar-refractivity contribution in [3.63, 3.8) is 0 Å². The van der Waals surface area contributed by atoms with Crippen LogP contribution in [0.2, 0.25) is 0 Å². The molecule has 5 heteroatoms. The van der Waals surface area contributed by atoms with Gasteiger partial charge in [-0.3, -0.25) is 0 Å². The molecule has 2 atom stereocenters. The van der Waals surface area contributed by atoms with Crippen LogP contribution in [0.1, 0.15) is 25.0 Å². The molecule has 0 aliphatic carbocycles. The summed E-state index contributed by atoms with van der Waals surface area (Å²) in [6, 6.07) is 15.9. The summed E-state index contributed by atoms with van der Waals surface area (Å²) in [4.78, 5) is 0. The van der Waals surface area contributed by atoms with Gasteiger partial charge in [0.05, 0.1) is 13.2 Å². The summed E-state index contributed by atoms with van der Waals surface area (Å²) in [5.74, 6) is 1.12. The maximum atomic E-state index is 5.83. The van der Waals surface area contributed by atoms with Gasteiger partial charge in [-0.25, -0.2) is 0 Å². The van der Waals surface area contributed by atoms with E-state index in [1.54, 1.807) is 0 Å². The van der Waals surface area contributed by atoms with Gasteiger partial charge >= 0.3 is 0 Å². The number of epoxide rings is 1. The van der Waals surface area contributed by atoms with Crippen LogP contribution in [0.15, 0.2) is 55.1 Å². The fourth-order valence-corrected chi connectivity index (χ4v) is 3.06. The highest BCUT2D eigenvalue weighted by Gasteiger charge is 2.32. The summed E-state index contributed by atoms with van der Waals surface area (Å²) in [6.45, 7) is 10.5. The molecule has 2 aliphatic rings. The largest absolute Gasteiger partial charge is 0.491 e. The molecule has 0 saturated carbocycles. The van der Waals surface area contributed by atoms with Crippen molar-refractivity contribution in [1.82, 2.24) is 0 Å². The molecule has 28 heavy (non-hydrogen) atoms. The van der Waals surface area contributed by atoms with Gasteiger partial charge in [0.2, 0.25) is 0 Å². The van der Waals surface area contributed by atoms with Gasteiger partial charge < -0.3 is 23.7 Å². The van der Waals surface area contributed by atoms with E-state index < -0.39 is 5.79 Å². The molecule has 2 fully saturated rings. The summed E-state index contributed by atoms with van der Waals surface area (Å²) in [5, 5.41) is 0. The fraction of sp³-hybridized carbons (Fsp3) is 0.391. The second-order valence-electron chi connectivity index (χ2n) is 7.56. The lowest BCUT2D eigenvalue weighted by Crippen LogP contribution is -2.25. The van der Waals surface area contributed by atoms with Crippen molar-refractivity contribution in [3.8, 4) is 11.5 Å². The molecule has 4 rings (SSSR count). The van der Waals surface area contributed by atoms with E-state index in [1.807, 2.05) is 62.4 Å². The standard InChI is InChI=1S/C23H26O5/c1-16(17-4-8-19(9-5-17)24-12-21-13-26-21)18-6-10-20(11-7-18)25-14-22-15-27-23(2,3)28-22/h4-11,21-22H,1,12-15H2,2-3H3/t21-,22-/m0/s1. The van der Waals surface area contributed by atoms with Crippen molar-refractivity contribution >= 4 is 5.57 Å². The van der Waals surface area contributed by atoms with Crippen LogP contribution in [-0.2, 0) is 14.2 Å². The van der Waals surface area contributed by atoms with Crippen molar-refractivity contribution in [3.05, 3.63) is 66.2 Å². The Labute approximate surface area is 165 Å². The second-order valence-corrected chi connectivity index (χ2v) is 7.56. The van der Waals surface area contributed by atoms with Crippen molar-refractivity contribution in [2.75, 3.05) is 26.4 Å². The van der Waals surface area contributed by atoms with Crippen LogP contribution >= 0.6 is 0 Å². The van der Waals surface area contributed by atoms with Crippen molar-refractivity contribution in [2.45, 2.75) is 31.8 Å². The Morgan fingerprint density at radius 1 is 0.893 bits per heavy atom. The van der Waals surface area contributed by atoms with Crippen LogP contribution in [0.4, 0.5) is 0 Å². The first-order valence-corrected chi connectivity index (χ1v) is 9.57. The van der Waals surface area contributed by atoms with E-state index in [2.05, 4.69) is 6.58 Å². The van der Waals surface area contributed by atoms with Gasteiger partial charge in [0.25, 0.3) is 0 Å². The molecule has 2 aromatic rings. The Balaban J connectivity index is 1.30. The zero-order chi connectivity index (χ0) is 19.6. The average Bonchev–Trinajstić information content (AvgIpc) is 3.47. The Morgan fingerprint density at radius 2 is 1.39 bits per heavy atom. The Kier molecular flexibility index (Phi) is 5.40. The third-order valence-electron chi connectivity index (χ3n) is 4.75. The topological polar surface area (TPSA) is 49.5 Å². The Bertz CT molecular complexity index is 806. The lowest BCUT2D eigenvalue weighted by atomic mass is 9.99. The number of ether oxygens (including phenoxy) is 5. The summed E-state index contributed by atoms with van der Waals surface area (Å²) in [6.07, 6.45) is 0.214. The van der Waals surface area contributed by atoms with Gasteiger partial charge in [0, 0.05) is 0 Å². The maximum Gasteiger partial charge on any atom is 0.163 e. The van der Waals surface area contributed by atoms with Crippen LogP contribution in [0.5, 0.6) is 11.5 Å². The molecular weight excluding hydrogens is 356 g/mol. The summed E-state index contributed by atoms with van der Waals surface area (Å²) < 4.78 is 28.0. The molecule has 148 valence electrons. The minimum Gasteiger partial charge on any atom is -0.491 e. The van der Waals surface area contributed by atoms with E-state index in [-0.39, 0.29) is 12.2 Å². The second kappa shape index (κ2) is 7.95. The van der Waals surface area contributed by atoms with E-state index in [0.717, 1.165) is 34.8 Å². The first-order chi connectivity index (χ1) is 13.5. The van der Waals surface area contributed by atoms with Crippen LogP contribution in [0, 0.1) is 0 Å². The van der Waals surface area contributed by atoms with Crippen molar-refractivity contribution < 1.29 is 23.7 Å². The number of hydrogen-bond acceptors (Lipinski definition) is 5. The third kappa shape index (κ3) is 4.93. The normalized spacial score (nSPS) is 22.6. The van der Waals surface area contributed by atoms with Gasteiger partial charge in [-0.05, 0) is 54.8 Å². The summed E-state index contributed by atoms with van der Waals surface area (Å²) in [5.41, 5.74) is 3.06. The lowest BCUT2D eigenvalue weighted by Gasteiger charge is -2.17. The van der Waals surface area contributed by atoms with E-state index >= 15 is 0 Å². The predicted molar refractivity (Wildman–Crippen MR) is 107 cm³/mol. The van der Waals surface area contributed by atoms with Gasteiger partial charge in [0.1, 0.15) is 36.9 Å². The van der Waals surface area contributed by atoms with Gasteiger partial charge in [-0.15, -0.1) is 0 Å². The van der Waals surface area contributed by atoms with Crippen LogP contribution in [0.3, 0.4) is 0 Å². The molecule has 2 aromatic carbocycles. The molecule has 2 aliphatic heterocycles. The highest BCUT2D eigenvalue weighted by molar-refractivity contribution is 5.78. The fourth-order valence-electron chi connectivity index (χ4n) is 3.06. The molecule has 2 heterocycles. The Hall–Kier alpha value is -2.34. The molecule has 0 N–H and O–H groups in total. The lowest BCUT2D eigenvalue weighted by molar-refractivity contribution is -0.141. The molecule has 0 amide bonds. The molecule has 0 aromatic heterocycles. The van der Waals surface area contributed by atoms with E-state index in [1.165, 1.54) is 0 Å². The molecule has 5 nitrogen and oxygen atoms in total. The van der Waals surface area contributed by atoms with E-state index in [9.17, 15) is 0 Å². The number of rotatable bonds is 8. The van der Waals surface area contributed by atoms with Gasteiger partial charge in [-0.1, -0.05) is 30.8 Å². The Morgan fingerprint density at radius 3 is 1.82 bits per heavy atom. The zero-order valence-electron chi connectivity index (χ0n) is 16.4. The highest BCUT2D eigenvalue weighted by atomic mass is 16.7. The van der Waals surface area contributed by atoms with Crippen molar-refractivity contribution in [1.29, 1.82) is 0 Å². The van der Waals surface area contributed by atoms with Gasteiger partial charge in [0.15, 0.2) is 5.79 Å². The number of hydrogen-bond donors (Lipinski definition) is 0.